The molecule has 40 heavy (non-hydrogen) atoms. The van der Waals surface area contributed by atoms with E-state index in [1.807, 2.05) is 12.1 Å². The summed E-state index contributed by atoms with van der Waals surface area (Å²) in [5, 5.41) is 0. The van der Waals surface area contributed by atoms with E-state index in [0.29, 0.717) is 48.3 Å². The lowest BCUT2D eigenvalue weighted by Gasteiger charge is -2.29. The third-order valence-corrected chi connectivity index (χ3v) is 8.00. The van der Waals surface area contributed by atoms with Crippen molar-refractivity contribution in [2.75, 3.05) is 13.2 Å². The van der Waals surface area contributed by atoms with Crippen LogP contribution in [0.25, 0.3) is 11.1 Å². The van der Waals surface area contributed by atoms with Crippen LogP contribution in [0.5, 0.6) is 11.5 Å². The van der Waals surface area contributed by atoms with Crippen LogP contribution in [-0.2, 0) is 6.42 Å². The van der Waals surface area contributed by atoms with E-state index in [9.17, 15) is 4.39 Å². The highest BCUT2D eigenvalue weighted by atomic mass is 19.2. The third kappa shape index (κ3) is 7.93. The van der Waals surface area contributed by atoms with Crippen LogP contribution in [0.15, 0.2) is 67.3 Å². The lowest BCUT2D eigenvalue weighted by Crippen LogP contribution is -2.14. The molecule has 0 amide bonds. The van der Waals surface area contributed by atoms with Gasteiger partial charge >= 0.3 is 0 Å². The summed E-state index contributed by atoms with van der Waals surface area (Å²) in [6.45, 7) is 6.91. The number of allylic oxidation sites excluding steroid dienone is 1. The molecule has 0 aromatic heterocycles. The molecular weight excluding hydrogens is 509 g/mol. The van der Waals surface area contributed by atoms with Crippen molar-refractivity contribution in [1.82, 2.24) is 0 Å². The van der Waals surface area contributed by atoms with Crippen LogP contribution in [0.1, 0.15) is 81.8 Å². The summed E-state index contributed by atoms with van der Waals surface area (Å²) in [7, 11) is 0. The van der Waals surface area contributed by atoms with Gasteiger partial charge in [0.15, 0.2) is 23.2 Å². The quantitative estimate of drug-likeness (QED) is 0.147. The summed E-state index contributed by atoms with van der Waals surface area (Å²) in [6.07, 6.45) is 10.8. The van der Waals surface area contributed by atoms with Gasteiger partial charge in [0.2, 0.25) is 0 Å². The number of benzene rings is 3. The largest absolute Gasteiger partial charge is 0.494 e. The van der Waals surface area contributed by atoms with Crippen LogP contribution in [0.2, 0.25) is 0 Å². The van der Waals surface area contributed by atoms with E-state index >= 15 is 8.78 Å². The maximum Gasteiger partial charge on any atom is 0.166 e. The monoisotopic (exact) mass is 550 g/mol. The Kier molecular flexibility index (Phi) is 11.1. The zero-order valence-electron chi connectivity index (χ0n) is 23.6. The Morgan fingerprint density at radius 1 is 0.850 bits per heavy atom. The Labute approximate surface area is 237 Å². The molecular formula is C35H41F3O2. The predicted molar refractivity (Wildman–Crippen MR) is 157 cm³/mol. The lowest BCUT2D eigenvalue weighted by molar-refractivity contribution is 0.294. The standard InChI is InChI=1S/C35H41F3O2/c1-3-5-7-23-40-33-21-17-29(24-32(33)36)26-11-8-25(9-12-26)10-13-28-16-20-31(35(38)34(28)37)27-14-18-30(19-15-27)39-22-6-4-2/h3,14-21,24-26H,1,4-13,22-23H2,2H3. The summed E-state index contributed by atoms with van der Waals surface area (Å²) in [6, 6.07) is 15.9. The predicted octanol–water partition coefficient (Wildman–Crippen LogP) is 10.2. The fourth-order valence-corrected chi connectivity index (χ4v) is 5.51. The lowest BCUT2D eigenvalue weighted by atomic mass is 9.77. The Morgan fingerprint density at radius 2 is 1.60 bits per heavy atom. The number of hydrogen-bond donors (Lipinski definition) is 0. The number of aryl methyl sites for hydroxylation is 1. The summed E-state index contributed by atoms with van der Waals surface area (Å²) in [5.74, 6) is -0.0534. The highest BCUT2D eigenvalue weighted by Crippen LogP contribution is 2.39. The molecule has 2 nitrogen and oxygen atoms in total. The minimum Gasteiger partial charge on any atom is -0.494 e. The topological polar surface area (TPSA) is 18.5 Å². The van der Waals surface area contributed by atoms with E-state index in [1.54, 1.807) is 48.5 Å². The van der Waals surface area contributed by atoms with E-state index in [-0.39, 0.29) is 11.4 Å². The normalized spacial score (nSPS) is 17.0. The van der Waals surface area contributed by atoms with Crippen molar-refractivity contribution in [2.45, 2.75) is 77.0 Å². The van der Waals surface area contributed by atoms with E-state index in [1.165, 1.54) is 0 Å². The number of hydrogen-bond acceptors (Lipinski definition) is 2. The molecule has 0 N–H and O–H groups in total. The molecule has 0 atom stereocenters. The van der Waals surface area contributed by atoms with E-state index in [2.05, 4.69) is 13.5 Å². The average molecular weight is 551 g/mol. The van der Waals surface area contributed by atoms with Crippen molar-refractivity contribution < 1.29 is 22.6 Å². The Bertz CT molecular complexity index is 1230. The number of ether oxygens (including phenoxy) is 2. The molecule has 1 saturated carbocycles. The molecule has 3 aromatic rings. The molecule has 1 fully saturated rings. The second-order valence-electron chi connectivity index (χ2n) is 10.9. The van der Waals surface area contributed by atoms with Crippen LogP contribution in [0.4, 0.5) is 13.2 Å². The summed E-state index contributed by atoms with van der Waals surface area (Å²) >= 11 is 0. The van der Waals surface area contributed by atoms with Crippen LogP contribution in [0, 0.1) is 23.4 Å². The molecule has 0 unspecified atom stereocenters. The van der Waals surface area contributed by atoms with Gasteiger partial charge in [0.05, 0.1) is 13.2 Å². The summed E-state index contributed by atoms with van der Waals surface area (Å²) in [4.78, 5) is 0. The second-order valence-corrected chi connectivity index (χ2v) is 10.9. The van der Waals surface area contributed by atoms with E-state index < -0.39 is 11.6 Å². The van der Waals surface area contributed by atoms with Gasteiger partial charge in [-0.3, -0.25) is 0 Å². The fraction of sp³-hybridized carbons (Fsp3) is 0.429. The molecule has 3 aromatic carbocycles. The molecule has 0 aliphatic heterocycles. The smallest absolute Gasteiger partial charge is 0.166 e. The Morgan fingerprint density at radius 3 is 2.30 bits per heavy atom. The molecule has 0 spiro atoms. The molecule has 0 heterocycles. The van der Waals surface area contributed by atoms with Crippen molar-refractivity contribution in [3.05, 3.63) is 95.8 Å². The van der Waals surface area contributed by atoms with Gasteiger partial charge in [-0.1, -0.05) is 49.8 Å². The molecule has 1 aliphatic carbocycles. The maximum absolute atomic E-state index is 15.0. The SMILES string of the molecule is C=CCCCOc1ccc(C2CCC(CCc3ccc(-c4ccc(OCCCC)cc4)c(F)c3F)CC2)cc1F. The van der Waals surface area contributed by atoms with Crippen molar-refractivity contribution in [2.24, 2.45) is 5.92 Å². The molecule has 4 rings (SSSR count). The van der Waals surface area contributed by atoms with Gasteiger partial charge in [-0.2, -0.15) is 0 Å². The van der Waals surface area contributed by atoms with Gasteiger partial charge in [0.25, 0.3) is 0 Å². The van der Waals surface area contributed by atoms with Gasteiger partial charge < -0.3 is 9.47 Å². The van der Waals surface area contributed by atoms with Crippen LogP contribution in [-0.4, -0.2) is 13.2 Å². The molecule has 0 saturated heterocycles. The van der Waals surface area contributed by atoms with Gasteiger partial charge in [-0.25, -0.2) is 13.2 Å². The van der Waals surface area contributed by atoms with E-state index in [4.69, 9.17) is 9.47 Å². The first-order chi connectivity index (χ1) is 19.5. The minimum atomic E-state index is -0.795. The average Bonchev–Trinajstić information content (AvgIpc) is 2.98. The van der Waals surface area contributed by atoms with Crippen molar-refractivity contribution >= 4 is 0 Å². The van der Waals surface area contributed by atoms with Gasteiger partial charge in [-0.15, -0.1) is 6.58 Å². The van der Waals surface area contributed by atoms with Crippen LogP contribution in [0.3, 0.4) is 0 Å². The minimum absolute atomic E-state index is 0.266. The fourth-order valence-electron chi connectivity index (χ4n) is 5.51. The number of halogens is 3. The summed E-state index contributed by atoms with van der Waals surface area (Å²) < 4.78 is 55.8. The maximum atomic E-state index is 15.0. The highest BCUT2D eigenvalue weighted by molar-refractivity contribution is 5.65. The van der Waals surface area contributed by atoms with Crippen LogP contribution >= 0.6 is 0 Å². The van der Waals surface area contributed by atoms with Crippen molar-refractivity contribution in [3.63, 3.8) is 0 Å². The van der Waals surface area contributed by atoms with Crippen molar-refractivity contribution in [1.29, 1.82) is 0 Å². The zero-order chi connectivity index (χ0) is 28.3. The molecule has 5 heteroatoms. The van der Waals surface area contributed by atoms with Crippen molar-refractivity contribution in [3.8, 4) is 22.6 Å². The first kappa shape index (κ1) is 29.8. The molecule has 214 valence electrons. The van der Waals surface area contributed by atoms with Gasteiger partial charge in [-0.05, 0) is 111 Å². The second kappa shape index (κ2) is 15.0. The number of unbranched alkanes of at least 4 members (excludes halogenated alkanes) is 2. The van der Waals surface area contributed by atoms with E-state index in [0.717, 1.165) is 69.1 Å². The summed E-state index contributed by atoms with van der Waals surface area (Å²) in [5.41, 5.74) is 2.34. The Balaban J connectivity index is 1.27. The Hall–Kier alpha value is -3.21. The van der Waals surface area contributed by atoms with Gasteiger partial charge in [0.1, 0.15) is 5.75 Å². The zero-order valence-corrected chi connectivity index (χ0v) is 23.6. The first-order valence-electron chi connectivity index (χ1n) is 14.7. The number of rotatable bonds is 14. The molecule has 0 radical (unpaired) electrons. The van der Waals surface area contributed by atoms with Gasteiger partial charge in [0, 0.05) is 5.56 Å². The highest BCUT2D eigenvalue weighted by Gasteiger charge is 2.24. The molecule has 0 bridgehead atoms. The molecule has 1 aliphatic rings. The van der Waals surface area contributed by atoms with Crippen LogP contribution < -0.4 is 9.47 Å². The first-order valence-corrected chi connectivity index (χ1v) is 14.7. The third-order valence-electron chi connectivity index (χ3n) is 8.00.